The van der Waals surface area contributed by atoms with Crippen molar-refractivity contribution in [2.75, 3.05) is 13.7 Å². The van der Waals surface area contributed by atoms with E-state index in [0.717, 1.165) is 29.5 Å². The number of nitriles is 1. The van der Waals surface area contributed by atoms with Gasteiger partial charge in [-0.25, -0.2) is 4.79 Å². The first kappa shape index (κ1) is 24.7. The Labute approximate surface area is 210 Å². The first-order valence-corrected chi connectivity index (χ1v) is 11.8. The summed E-state index contributed by atoms with van der Waals surface area (Å²) < 4.78 is 22.7. The number of rotatable bonds is 8. The summed E-state index contributed by atoms with van der Waals surface area (Å²) >= 11 is 0. The number of unbranched alkanes of at least 4 members (excludes halogenated alkanes) is 1. The van der Waals surface area contributed by atoms with Gasteiger partial charge in [-0.3, -0.25) is 0 Å². The number of ether oxygens (including phenoxy) is 4. The van der Waals surface area contributed by atoms with Crippen molar-refractivity contribution >= 4 is 5.97 Å². The van der Waals surface area contributed by atoms with Crippen LogP contribution in [0.5, 0.6) is 23.0 Å². The van der Waals surface area contributed by atoms with Gasteiger partial charge in [0.15, 0.2) is 11.5 Å². The molecule has 0 saturated heterocycles. The van der Waals surface area contributed by atoms with Crippen LogP contribution in [0, 0.1) is 18.3 Å². The lowest BCUT2D eigenvalue weighted by molar-refractivity contribution is 0.0734. The average molecular weight is 485 g/mol. The SMILES string of the molecule is CCCCOc1ccc(C2C(C#N)=C(N)Oc3cc(OC(=O)c4ccc(C)cc4)ccc32)cc1OC. The number of hydrogen-bond acceptors (Lipinski definition) is 7. The number of nitrogens with two attached hydrogens (primary N) is 1. The van der Waals surface area contributed by atoms with E-state index in [1.165, 1.54) is 0 Å². The molecule has 0 spiro atoms. The second kappa shape index (κ2) is 10.9. The molecule has 1 aliphatic heterocycles. The van der Waals surface area contributed by atoms with Crippen LogP contribution < -0.4 is 24.7 Å². The summed E-state index contributed by atoms with van der Waals surface area (Å²) in [7, 11) is 1.58. The van der Waals surface area contributed by atoms with E-state index < -0.39 is 11.9 Å². The standard InChI is InChI=1S/C29H28N2O5/c1-4-5-14-34-24-13-10-20(15-26(24)33-3)27-22-12-11-21(16-25(22)36-28(31)23(27)17-30)35-29(32)19-8-6-18(2)7-9-19/h6-13,15-16,27H,4-5,14,31H2,1-3H3. The normalized spacial score (nSPS) is 14.3. The Balaban J connectivity index is 1.66. The average Bonchev–Trinajstić information content (AvgIpc) is 2.88. The number of carbonyl (C=O) groups is 1. The third-order valence-corrected chi connectivity index (χ3v) is 5.96. The minimum Gasteiger partial charge on any atom is -0.493 e. The van der Waals surface area contributed by atoms with Gasteiger partial charge in [0.05, 0.1) is 25.2 Å². The predicted molar refractivity (Wildman–Crippen MR) is 135 cm³/mol. The fraction of sp³-hybridized carbons (Fsp3) is 0.241. The maximum Gasteiger partial charge on any atom is 0.343 e. The molecule has 1 aliphatic rings. The van der Waals surface area contributed by atoms with Crippen LogP contribution in [0.2, 0.25) is 0 Å². The molecule has 0 fully saturated rings. The van der Waals surface area contributed by atoms with Gasteiger partial charge in [0, 0.05) is 11.6 Å². The lowest BCUT2D eigenvalue weighted by Crippen LogP contribution is -2.21. The summed E-state index contributed by atoms with van der Waals surface area (Å²) in [5, 5.41) is 9.87. The summed E-state index contributed by atoms with van der Waals surface area (Å²) in [6, 6.07) is 19.9. The number of esters is 1. The van der Waals surface area contributed by atoms with Crippen molar-refractivity contribution in [3.05, 3.63) is 94.4 Å². The van der Waals surface area contributed by atoms with Gasteiger partial charge in [-0.05, 0) is 49.2 Å². The minimum absolute atomic E-state index is 0.000694. The van der Waals surface area contributed by atoms with Crippen molar-refractivity contribution < 1.29 is 23.7 Å². The van der Waals surface area contributed by atoms with Crippen LogP contribution in [0.3, 0.4) is 0 Å². The molecule has 3 aromatic rings. The zero-order valence-corrected chi connectivity index (χ0v) is 20.5. The molecular formula is C29H28N2O5. The molecule has 4 rings (SSSR count). The van der Waals surface area contributed by atoms with E-state index in [1.54, 1.807) is 37.4 Å². The van der Waals surface area contributed by atoms with Crippen LogP contribution in [0.1, 0.15) is 52.7 Å². The zero-order chi connectivity index (χ0) is 25.7. The monoisotopic (exact) mass is 484 g/mol. The van der Waals surface area contributed by atoms with E-state index in [1.807, 2.05) is 37.3 Å². The molecule has 0 amide bonds. The Morgan fingerprint density at radius 1 is 1.08 bits per heavy atom. The quantitative estimate of drug-likeness (QED) is 0.251. The van der Waals surface area contributed by atoms with Crippen LogP contribution in [-0.2, 0) is 0 Å². The minimum atomic E-state index is -0.487. The topological polar surface area (TPSA) is 104 Å². The van der Waals surface area contributed by atoms with Crippen LogP contribution >= 0.6 is 0 Å². The van der Waals surface area contributed by atoms with E-state index in [0.29, 0.717) is 35.2 Å². The summed E-state index contributed by atoms with van der Waals surface area (Å²) in [6.07, 6.45) is 1.96. The second-order valence-corrected chi connectivity index (χ2v) is 8.49. The number of aryl methyl sites for hydroxylation is 1. The molecule has 0 aliphatic carbocycles. The first-order valence-electron chi connectivity index (χ1n) is 11.8. The van der Waals surface area contributed by atoms with E-state index in [-0.39, 0.29) is 11.5 Å². The van der Waals surface area contributed by atoms with Gasteiger partial charge in [-0.15, -0.1) is 0 Å². The molecule has 3 aromatic carbocycles. The number of allylic oxidation sites excluding steroid dienone is 1. The molecule has 1 atom stereocenters. The fourth-order valence-electron chi connectivity index (χ4n) is 4.01. The summed E-state index contributed by atoms with van der Waals surface area (Å²) in [4.78, 5) is 12.6. The summed E-state index contributed by atoms with van der Waals surface area (Å²) in [6.45, 7) is 4.64. The molecular weight excluding hydrogens is 456 g/mol. The predicted octanol–water partition coefficient (Wildman–Crippen LogP) is 5.62. The Morgan fingerprint density at radius 2 is 1.86 bits per heavy atom. The molecule has 7 heteroatoms. The van der Waals surface area contributed by atoms with Crippen LogP contribution in [-0.4, -0.2) is 19.7 Å². The largest absolute Gasteiger partial charge is 0.493 e. The second-order valence-electron chi connectivity index (χ2n) is 8.49. The highest BCUT2D eigenvalue weighted by atomic mass is 16.5. The van der Waals surface area contributed by atoms with Crippen molar-refractivity contribution in [2.45, 2.75) is 32.6 Å². The molecule has 2 N–H and O–H groups in total. The zero-order valence-electron chi connectivity index (χ0n) is 20.5. The number of nitrogens with zero attached hydrogens (tertiary/aromatic N) is 1. The van der Waals surface area contributed by atoms with Crippen molar-refractivity contribution in [1.82, 2.24) is 0 Å². The highest BCUT2D eigenvalue weighted by molar-refractivity contribution is 5.91. The number of benzene rings is 3. The Kier molecular flexibility index (Phi) is 7.45. The van der Waals surface area contributed by atoms with Crippen molar-refractivity contribution in [2.24, 2.45) is 5.73 Å². The fourth-order valence-corrected chi connectivity index (χ4v) is 4.01. The van der Waals surface area contributed by atoms with E-state index in [9.17, 15) is 10.1 Å². The third-order valence-electron chi connectivity index (χ3n) is 5.96. The molecule has 0 aromatic heterocycles. The molecule has 0 bridgehead atoms. The van der Waals surface area contributed by atoms with Gasteiger partial charge in [-0.2, -0.15) is 5.26 Å². The number of carbonyl (C=O) groups excluding carboxylic acids is 1. The maximum absolute atomic E-state index is 12.6. The number of hydrogen-bond donors (Lipinski definition) is 1. The molecule has 1 unspecified atom stereocenters. The molecule has 7 nitrogen and oxygen atoms in total. The Morgan fingerprint density at radius 3 is 2.56 bits per heavy atom. The van der Waals surface area contributed by atoms with Crippen molar-refractivity contribution in [3.8, 4) is 29.1 Å². The maximum atomic E-state index is 12.6. The molecule has 36 heavy (non-hydrogen) atoms. The van der Waals surface area contributed by atoms with Crippen LogP contribution in [0.15, 0.2) is 72.1 Å². The highest BCUT2D eigenvalue weighted by Gasteiger charge is 2.31. The van der Waals surface area contributed by atoms with E-state index in [2.05, 4.69) is 13.0 Å². The van der Waals surface area contributed by atoms with Crippen LogP contribution in [0.4, 0.5) is 0 Å². The molecule has 184 valence electrons. The van der Waals surface area contributed by atoms with E-state index in [4.69, 9.17) is 24.7 Å². The molecule has 0 saturated carbocycles. The third kappa shape index (κ3) is 5.13. The molecule has 0 radical (unpaired) electrons. The summed E-state index contributed by atoms with van der Waals surface area (Å²) in [5.41, 5.74) is 9.43. The number of methoxy groups -OCH3 is 1. The van der Waals surface area contributed by atoms with Gasteiger partial charge in [0.25, 0.3) is 0 Å². The molecule has 1 heterocycles. The summed E-state index contributed by atoms with van der Waals surface area (Å²) in [5.74, 6) is 0.953. The smallest absolute Gasteiger partial charge is 0.343 e. The van der Waals surface area contributed by atoms with Gasteiger partial charge in [0.2, 0.25) is 5.88 Å². The van der Waals surface area contributed by atoms with Gasteiger partial charge in [-0.1, -0.05) is 43.2 Å². The van der Waals surface area contributed by atoms with E-state index >= 15 is 0 Å². The lowest BCUT2D eigenvalue weighted by Gasteiger charge is -2.27. The Bertz CT molecular complexity index is 1340. The van der Waals surface area contributed by atoms with Crippen molar-refractivity contribution in [3.63, 3.8) is 0 Å². The number of fused-ring (bicyclic) bond motifs is 1. The van der Waals surface area contributed by atoms with Gasteiger partial charge >= 0.3 is 5.97 Å². The van der Waals surface area contributed by atoms with Gasteiger partial charge < -0.3 is 24.7 Å². The van der Waals surface area contributed by atoms with Gasteiger partial charge in [0.1, 0.15) is 23.1 Å². The Hall–Kier alpha value is -4.44. The lowest BCUT2D eigenvalue weighted by atomic mass is 9.83. The van der Waals surface area contributed by atoms with Crippen molar-refractivity contribution in [1.29, 1.82) is 5.26 Å². The first-order chi connectivity index (χ1) is 17.4. The van der Waals surface area contributed by atoms with Crippen LogP contribution in [0.25, 0.3) is 0 Å². The highest BCUT2D eigenvalue weighted by Crippen LogP contribution is 2.45.